The molecule has 10 heteroatoms. The highest BCUT2D eigenvalue weighted by molar-refractivity contribution is 7.99. The Morgan fingerprint density at radius 1 is 1.29 bits per heavy atom. The standard InChI is InChI=1S/C21H26ClN7OS/c1-12-9-15(28-7-4-21(5-8-28)10-30-13(2)18(21)23)29-20(26-11-27-29)17(12)31-14-3-6-25-19(24)16(14)22/h3,6,9,11,13,18H,4-5,7-8,10,23H2,1-2H3,(H2,24,25). The Balaban J connectivity index is 1.45. The average molecular weight is 460 g/mol. The number of aryl methyl sites for hydroxylation is 1. The first-order valence-corrected chi connectivity index (χ1v) is 11.6. The molecular formula is C21H26ClN7OS. The van der Waals surface area contributed by atoms with Gasteiger partial charge in [0.1, 0.15) is 18.0 Å². The Morgan fingerprint density at radius 2 is 2.06 bits per heavy atom. The fourth-order valence-corrected chi connectivity index (χ4v) is 5.92. The molecule has 3 aromatic rings. The molecule has 2 saturated heterocycles. The van der Waals surface area contributed by atoms with Crippen molar-refractivity contribution in [2.75, 3.05) is 30.3 Å². The van der Waals surface area contributed by atoms with Crippen LogP contribution < -0.4 is 16.4 Å². The number of hydrogen-bond donors (Lipinski definition) is 2. The molecule has 5 heterocycles. The summed E-state index contributed by atoms with van der Waals surface area (Å²) >= 11 is 7.91. The zero-order chi connectivity index (χ0) is 21.8. The molecule has 0 aliphatic carbocycles. The van der Waals surface area contributed by atoms with E-state index in [0.717, 1.165) is 59.4 Å². The van der Waals surface area contributed by atoms with E-state index in [0.29, 0.717) is 10.8 Å². The number of halogens is 1. The number of nitrogen functional groups attached to an aromatic ring is 1. The topological polar surface area (TPSA) is 108 Å². The van der Waals surface area contributed by atoms with Crippen LogP contribution in [0.1, 0.15) is 25.3 Å². The highest BCUT2D eigenvalue weighted by Crippen LogP contribution is 2.43. The summed E-state index contributed by atoms with van der Waals surface area (Å²) in [5, 5.41) is 4.98. The molecule has 0 radical (unpaired) electrons. The molecule has 2 aliphatic heterocycles. The maximum Gasteiger partial charge on any atom is 0.171 e. The lowest BCUT2D eigenvalue weighted by Gasteiger charge is -2.42. The number of ether oxygens (including phenoxy) is 1. The summed E-state index contributed by atoms with van der Waals surface area (Å²) in [6.07, 6.45) is 5.40. The molecule has 5 rings (SSSR count). The second-order valence-electron chi connectivity index (χ2n) is 8.51. The molecule has 4 N–H and O–H groups in total. The van der Waals surface area contributed by atoms with Crippen molar-refractivity contribution in [1.82, 2.24) is 19.6 Å². The summed E-state index contributed by atoms with van der Waals surface area (Å²) in [4.78, 5) is 12.8. The monoisotopic (exact) mass is 459 g/mol. The van der Waals surface area contributed by atoms with Crippen molar-refractivity contribution in [3.05, 3.63) is 35.2 Å². The molecule has 164 valence electrons. The number of rotatable bonds is 3. The summed E-state index contributed by atoms with van der Waals surface area (Å²) in [6.45, 7) is 6.75. The second kappa shape index (κ2) is 7.81. The van der Waals surface area contributed by atoms with Crippen LogP contribution in [-0.2, 0) is 4.74 Å². The van der Waals surface area contributed by atoms with Crippen molar-refractivity contribution in [3.8, 4) is 0 Å². The van der Waals surface area contributed by atoms with Crippen LogP contribution in [0.2, 0.25) is 5.02 Å². The van der Waals surface area contributed by atoms with Gasteiger partial charge in [-0.05, 0) is 44.4 Å². The van der Waals surface area contributed by atoms with Gasteiger partial charge in [-0.2, -0.15) is 9.61 Å². The minimum Gasteiger partial charge on any atom is -0.382 e. The zero-order valence-corrected chi connectivity index (χ0v) is 19.2. The fourth-order valence-electron chi connectivity index (χ4n) is 4.70. The van der Waals surface area contributed by atoms with Gasteiger partial charge in [0.25, 0.3) is 0 Å². The molecule has 0 amide bonds. The van der Waals surface area contributed by atoms with Crippen LogP contribution in [0, 0.1) is 12.3 Å². The highest BCUT2D eigenvalue weighted by Gasteiger charge is 2.47. The van der Waals surface area contributed by atoms with E-state index in [1.54, 1.807) is 12.5 Å². The van der Waals surface area contributed by atoms with E-state index in [9.17, 15) is 0 Å². The Labute approximate surface area is 190 Å². The number of nitrogens with zero attached hydrogens (tertiary/aromatic N) is 5. The maximum atomic E-state index is 6.49. The lowest BCUT2D eigenvalue weighted by atomic mass is 9.73. The molecule has 8 nitrogen and oxygen atoms in total. The number of aromatic nitrogens is 4. The van der Waals surface area contributed by atoms with Gasteiger partial charge in [0, 0.05) is 35.6 Å². The number of pyridine rings is 2. The van der Waals surface area contributed by atoms with Crippen LogP contribution in [-0.4, -0.2) is 51.4 Å². The van der Waals surface area contributed by atoms with Gasteiger partial charge < -0.3 is 21.1 Å². The minimum atomic E-state index is 0.0836. The van der Waals surface area contributed by atoms with Crippen molar-refractivity contribution in [2.45, 2.75) is 48.6 Å². The molecule has 2 unspecified atom stereocenters. The van der Waals surface area contributed by atoms with Gasteiger partial charge in [-0.1, -0.05) is 23.4 Å². The maximum absolute atomic E-state index is 6.49. The Hall–Kier alpha value is -2.07. The quantitative estimate of drug-likeness (QED) is 0.615. The summed E-state index contributed by atoms with van der Waals surface area (Å²) < 4.78 is 7.78. The van der Waals surface area contributed by atoms with Crippen LogP contribution in [0.4, 0.5) is 11.6 Å². The minimum absolute atomic E-state index is 0.0836. The predicted octanol–water partition coefficient (Wildman–Crippen LogP) is 3.15. The van der Waals surface area contributed by atoms with Gasteiger partial charge in [0.05, 0.1) is 22.6 Å². The van der Waals surface area contributed by atoms with E-state index >= 15 is 0 Å². The normalized spacial score (nSPS) is 23.2. The van der Waals surface area contributed by atoms with Crippen molar-refractivity contribution >= 4 is 40.6 Å². The van der Waals surface area contributed by atoms with Crippen molar-refractivity contribution in [3.63, 3.8) is 0 Å². The summed E-state index contributed by atoms with van der Waals surface area (Å²) in [5.41, 5.74) is 14.4. The summed E-state index contributed by atoms with van der Waals surface area (Å²) in [6, 6.07) is 4.13. The fraction of sp³-hybridized carbons (Fsp3) is 0.476. The van der Waals surface area contributed by atoms with Gasteiger partial charge in [-0.15, -0.1) is 0 Å². The largest absolute Gasteiger partial charge is 0.382 e. The van der Waals surface area contributed by atoms with E-state index in [1.807, 2.05) is 10.6 Å². The molecular weight excluding hydrogens is 434 g/mol. The zero-order valence-electron chi connectivity index (χ0n) is 17.6. The molecule has 3 aromatic heterocycles. The molecule has 0 bridgehead atoms. The third kappa shape index (κ3) is 3.44. The predicted molar refractivity (Wildman–Crippen MR) is 123 cm³/mol. The molecule has 0 saturated carbocycles. The number of hydrogen-bond acceptors (Lipinski definition) is 8. The van der Waals surface area contributed by atoms with E-state index in [2.05, 4.69) is 39.9 Å². The first kappa shape index (κ1) is 20.8. The molecule has 2 fully saturated rings. The lowest BCUT2D eigenvalue weighted by Crippen LogP contribution is -2.51. The number of piperidine rings is 1. The van der Waals surface area contributed by atoms with Gasteiger partial charge in [-0.3, -0.25) is 0 Å². The number of nitrogens with two attached hydrogens (primary N) is 2. The third-order valence-electron chi connectivity index (χ3n) is 6.69. The van der Waals surface area contributed by atoms with Crippen molar-refractivity contribution in [1.29, 1.82) is 0 Å². The van der Waals surface area contributed by atoms with Gasteiger partial charge in [-0.25, -0.2) is 9.97 Å². The average Bonchev–Trinajstić information content (AvgIpc) is 3.35. The number of anilines is 2. The smallest absolute Gasteiger partial charge is 0.171 e. The van der Waals surface area contributed by atoms with Crippen LogP contribution in [0.25, 0.3) is 5.65 Å². The van der Waals surface area contributed by atoms with Crippen LogP contribution >= 0.6 is 23.4 Å². The third-order valence-corrected chi connectivity index (χ3v) is 8.47. The molecule has 1 spiro atoms. The first-order valence-electron chi connectivity index (χ1n) is 10.4. The van der Waals surface area contributed by atoms with Gasteiger partial charge in [0.15, 0.2) is 5.65 Å². The number of fused-ring (bicyclic) bond motifs is 1. The van der Waals surface area contributed by atoms with E-state index in [1.165, 1.54) is 11.8 Å². The van der Waals surface area contributed by atoms with E-state index < -0.39 is 0 Å². The van der Waals surface area contributed by atoms with Crippen LogP contribution in [0.15, 0.2) is 34.4 Å². The Bertz CT molecular complexity index is 1130. The molecule has 2 aliphatic rings. The van der Waals surface area contributed by atoms with Crippen LogP contribution in [0.5, 0.6) is 0 Å². The molecule has 2 atom stereocenters. The highest BCUT2D eigenvalue weighted by atomic mass is 35.5. The molecule has 0 aromatic carbocycles. The lowest BCUT2D eigenvalue weighted by molar-refractivity contribution is 0.0974. The second-order valence-corrected chi connectivity index (χ2v) is 9.94. The van der Waals surface area contributed by atoms with Gasteiger partial charge in [0.2, 0.25) is 0 Å². The van der Waals surface area contributed by atoms with Crippen molar-refractivity contribution < 1.29 is 4.74 Å². The Kier molecular flexibility index (Phi) is 5.24. The Morgan fingerprint density at radius 3 is 2.77 bits per heavy atom. The van der Waals surface area contributed by atoms with Crippen LogP contribution in [0.3, 0.4) is 0 Å². The summed E-state index contributed by atoms with van der Waals surface area (Å²) in [7, 11) is 0. The summed E-state index contributed by atoms with van der Waals surface area (Å²) in [5.74, 6) is 1.37. The van der Waals surface area contributed by atoms with E-state index in [4.69, 9.17) is 27.8 Å². The van der Waals surface area contributed by atoms with Gasteiger partial charge >= 0.3 is 0 Å². The first-order chi connectivity index (χ1) is 14.9. The molecule has 31 heavy (non-hydrogen) atoms. The SMILES string of the molecule is Cc1cc(N2CCC3(CC2)COC(C)C3N)n2ncnc2c1Sc1ccnc(N)c1Cl. The van der Waals surface area contributed by atoms with Crippen molar-refractivity contribution in [2.24, 2.45) is 11.1 Å². The van der Waals surface area contributed by atoms with E-state index in [-0.39, 0.29) is 17.6 Å².